The number of halogens is 1. The summed E-state index contributed by atoms with van der Waals surface area (Å²) in [6, 6.07) is 3.33. The largest absolute Gasteiger partial charge is 0.349 e. The maximum atomic E-state index is 13.2. The third-order valence-corrected chi connectivity index (χ3v) is 3.87. The van der Waals surface area contributed by atoms with Gasteiger partial charge in [-0.2, -0.15) is 0 Å². The van der Waals surface area contributed by atoms with Crippen LogP contribution in [0.15, 0.2) is 18.2 Å². The lowest BCUT2D eigenvalue weighted by atomic mass is 9.91. The number of nitro benzene ring substituents is 1. The zero-order valence-corrected chi connectivity index (χ0v) is 11.8. The predicted molar refractivity (Wildman–Crippen MR) is 75.6 cm³/mol. The Morgan fingerprint density at radius 1 is 1.29 bits per heavy atom. The average Bonchev–Trinajstić information content (AvgIpc) is 2.47. The fourth-order valence-electron chi connectivity index (χ4n) is 2.64. The molecule has 21 heavy (non-hydrogen) atoms. The molecular formula is C14H18FN3O3. The molecule has 1 saturated carbocycles. The first-order chi connectivity index (χ1) is 10.0. The molecule has 114 valence electrons. The highest BCUT2D eigenvalue weighted by atomic mass is 19.1. The molecule has 0 atom stereocenters. The minimum atomic E-state index is -0.674. The van der Waals surface area contributed by atoms with Gasteiger partial charge in [0.2, 0.25) is 0 Å². The molecule has 1 aliphatic carbocycles. The summed E-state index contributed by atoms with van der Waals surface area (Å²) in [4.78, 5) is 22.4. The van der Waals surface area contributed by atoms with Crippen molar-refractivity contribution in [2.75, 3.05) is 7.05 Å². The highest BCUT2D eigenvalue weighted by Crippen LogP contribution is 2.22. The smallest absolute Gasteiger partial charge is 0.282 e. The van der Waals surface area contributed by atoms with E-state index >= 15 is 0 Å². The number of benzene rings is 1. The number of amides is 1. The minimum Gasteiger partial charge on any atom is -0.349 e. The van der Waals surface area contributed by atoms with Gasteiger partial charge in [-0.1, -0.05) is 0 Å². The zero-order chi connectivity index (χ0) is 15.4. The Bertz CT molecular complexity index is 542. The van der Waals surface area contributed by atoms with E-state index in [2.05, 4.69) is 10.6 Å². The second kappa shape index (κ2) is 6.62. The van der Waals surface area contributed by atoms with Crippen molar-refractivity contribution < 1.29 is 14.1 Å². The molecule has 0 heterocycles. The van der Waals surface area contributed by atoms with Crippen LogP contribution in [0.1, 0.15) is 36.0 Å². The van der Waals surface area contributed by atoms with Crippen LogP contribution in [-0.2, 0) is 0 Å². The molecule has 0 radical (unpaired) electrons. The predicted octanol–water partition coefficient (Wildman–Crippen LogP) is 1.99. The quantitative estimate of drug-likeness (QED) is 0.657. The number of carbonyl (C=O) groups excluding carboxylic acids is 1. The van der Waals surface area contributed by atoms with E-state index in [1.807, 2.05) is 7.05 Å². The summed E-state index contributed by atoms with van der Waals surface area (Å²) in [5.74, 6) is -1.25. The molecule has 0 spiro atoms. The lowest BCUT2D eigenvalue weighted by Crippen LogP contribution is -2.41. The van der Waals surface area contributed by atoms with Gasteiger partial charge in [0.1, 0.15) is 11.4 Å². The molecule has 7 heteroatoms. The Hall–Kier alpha value is -2.02. The van der Waals surface area contributed by atoms with Crippen molar-refractivity contribution in [2.45, 2.75) is 37.8 Å². The van der Waals surface area contributed by atoms with Gasteiger partial charge in [0.25, 0.3) is 11.6 Å². The van der Waals surface area contributed by atoms with Crippen molar-refractivity contribution in [3.63, 3.8) is 0 Å². The number of nitrogens with one attached hydrogen (secondary N) is 2. The van der Waals surface area contributed by atoms with Crippen LogP contribution in [0.3, 0.4) is 0 Å². The molecule has 6 nitrogen and oxygen atoms in total. The Morgan fingerprint density at radius 2 is 1.90 bits per heavy atom. The van der Waals surface area contributed by atoms with Crippen LogP contribution in [0.5, 0.6) is 0 Å². The van der Waals surface area contributed by atoms with Crippen LogP contribution in [0.4, 0.5) is 10.1 Å². The third kappa shape index (κ3) is 3.75. The van der Waals surface area contributed by atoms with Gasteiger partial charge < -0.3 is 10.6 Å². The summed E-state index contributed by atoms with van der Waals surface area (Å²) in [6.07, 6.45) is 3.49. The van der Waals surface area contributed by atoms with Gasteiger partial charge in [-0.05, 0) is 44.9 Å². The maximum Gasteiger partial charge on any atom is 0.282 e. The third-order valence-electron chi connectivity index (χ3n) is 3.87. The van der Waals surface area contributed by atoms with E-state index in [1.54, 1.807) is 0 Å². The van der Waals surface area contributed by atoms with Crippen LogP contribution in [-0.4, -0.2) is 30.0 Å². The Morgan fingerprint density at radius 3 is 2.48 bits per heavy atom. The highest BCUT2D eigenvalue weighted by molar-refractivity contribution is 5.98. The summed E-state index contributed by atoms with van der Waals surface area (Å²) in [7, 11) is 1.90. The van der Waals surface area contributed by atoms with Crippen LogP contribution in [0, 0.1) is 15.9 Å². The monoisotopic (exact) mass is 295 g/mol. The highest BCUT2D eigenvalue weighted by Gasteiger charge is 2.25. The zero-order valence-electron chi connectivity index (χ0n) is 11.8. The van der Waals surface area contributed by atoms with Crippen molar-refractivity contribution in [3.05, 3.63) is 39.7 Å². The summed E-state index contributed by atoms with van der Waals surface area (Å²) in [5, 5.41) is 16.9. The molecule has 1 aromatic rings. The maximum absolute atomic E-state index is 13.2. The molecule has 1 aliphatic rings. The van der Waals surface area contributed by atoms with Gasteiger partial charge in [0.05, 0.1) is 4.92 Å². The molecule has 0 saturated heterocycles. The molecule has 0 unspecified atom stereocenters. The number of nitro groups is 1. The van der Waals surface area contributed by atoms with Crippen molar-refractivity contribution in [3.8, 4) is 0 Å². The normalized spacial score (nSPS) is 21.8. The second-order valence-electron chi connectivity index (χ2n) is 5.23. The number of carbonyl (C=O) groups is 1. The molecule has 0 aromatic heterocycles. The van der Waals surface area contributed by atoms with Gasteiger partial charge in [0, 0.05) is 18.2 Å². The number of rotatable bonds is 4. The number of nitrogens with zero attached hydrogens (tertiary/aromatic N) is 1. The summed E-state index contributed by atoms with van der Waals surface area (Å²) < 4.78 is 13.2. The van der Waals surface area contributed by atoms with Crippen LogP contribution < -0.4 is 10.6 Å². The second-order valence-corrected chi connectivity index (χ2v) is 5.23. The number of hydrogen-bond donors (Lipinski definition) is 2. The fourth-order valence-corrected chi connectivity index (χ4v) is 2.64. The van der Waals surface area contributed by atoms with Crippen molar-refractivity contribution >= 4 is 11.6 Å². The van der Waals surface area contributed by atoms with Gasteiger partial charge in [-0.25, -0.2) is 4.39 Å². The minimum absolute atomic E-state index is 0.0232. The molecule has 1 aromatic carbocycles. The summed E-state index contributed by atoms with van der Waals surface area (Å²) in [6.45, 7) is 0. The van der Waals surface area contributed by atoms with E-state index in [4.69, 9.17) is 0 Å². The van der Waals surface area contributed by atoms with Crippen LogP contribution in [0.2, 0.25) is 0 Å². The van der Waals surface area contributed by atoms with Gasteiger partial charge in [-0.15, -0.1) is 0 Å². The lowest BCUT2D eigenvalue weighted by molar-refractivity contribution is -0.385. The SMILES string of the molecule is CNC1CCC(NC(=O)c2cc(F)ccc2[N+](=O)[O-])CC1. The van der Waals surface area contributed by atoms with Gasteiger partial charge >= 0.3 is 0 Å². The first kappa shape index (κ1) is 15.4. The molecule has 0 aliphatic heterocycles. The van der Waals surface area contributed by atoms with Crippen LogP contribution in [0.25, 0.3) is 0 Å². The van der Waals surface area contributed by atoms with Crippen molar-refractivity contribution in [1.29, 1.82) is 0 Å². The van der Waals surface area contributed by atoms with E-state index in [9.17, 15) is 19.3 Å². The molecule has 1 amide bonds. The fraction of sp³-hybridized carbons (Fsp3) is 0.500. The number of hydrogen-bond acceptors (Lipinski definition) is 4. The van der Waals surface area contributed by atoms with Crippen LogP contribution >= 0.6 is 0 Å². The topological polar surface area (TPSA) is 84.3 Å². The Balaban J connectivity index is 2.07. The standard InChI is InChI=1S/C14H18FN3O3/c1-16-10-3-5-11(6-4-10)17-14(19)12-8-9(15)2-7-13(12)18(20)21/h2,7-8,10-11,16H,3-6H2,1H3,(H,17,19). The lowest BCUT2D eigenvalue weighted by Gasteiger charge is -2.28. The Labute approximate surface area is 121 Å². The van der Waals surface area contributed by atoms with E-state index in [-0.39, 0.29) is 17.3 Å². The van der Waals surface area contributed by atoms with E-state index in [0.717, 1.165) is 43.9 Å². The van der Waals surface area contributed by atoms with Gasteiger partial charge in [0.15, 0.2) is 0 Å². The first-order valence-electron chi connectivity index (χ1n) is 6.93. The van der Waals surface area contributed by atoms with Crippen molar-refractivity contribution in [1.82, 2.24) is 10.6 Å². The van der Waals surface area contributed by atoms with E-state index in [1.165, 1.54) is 0 Å². The average molecular weight is 295 g/mol. The van der Waals surface area contributed by atoms with Crippen molar-refractivity contribution in [2.24, 2.45) is 0 Å². The van der Waals surface area contributed by atoms with E-state index < -0.39 is 16.6 Å². The summed E-state index contributed by atoms with van der Waals surface area (Å²) in [5.41, 5.74) is -0.603. The molecule has 2 rings (SSSR count). The molecule has 0 bridgehead atoms. The molecular weight excluding hydrogens is 277 g/mol. The first-order valence-corrected chi connectivity index (χ1v) is 6.93. The molecule has 1 fully saturated rings. The molecule has 2 N–H and O–H groups in total. The van der Waals surface area contributed by atoms with E-state index in [0.29, 0.717) is 6.04 Å². The Kier molecular flexibility index (Phi) is 4.85. The van der Waals surface area contributed by atoms with Gasteiger partial charge in [-0.3, -0.25) is 14.9 Å². The summed E-state index contributed by atoms with van der Waals surface area (Å²) >= 11 is 0.